The maximum absolute atomic E-state index is 12.5. The number of ketones is 1. The number of nitrogens with zero attached hydrogens (tertiary/aromatic N) is 1. The van der Waals surface area contributed by atoms with Gasteiger partial charge in [0.2, 0.25) is 0 Å². The van der Waals surface area contributed by atoms with Crippen molar-refractivity contribution in [1.29, 1.82) is 0 Å². The Morgan fingerprint density at radius 1 is 1.22 bits per heavy atom. The fourth-order valence-electron chi connectivity index (χ4n) is 2.64. The van der Waals surface area contributed by atoms with Crippen molar-refractivity contribution in [2.24, 2.45) is 13.0 Å². The van der Waals surface area contributed by atoms with Crippen LogP contribution in [0.2, 0.25) is 0 Å². The van der Waals surface area contributed by atoms with Crippen molar-refractivity contribution in [1.82, 2.24) is 9.88 Å². The molecular weight excluding hydrogens is 296 g/mol. The average Bonchev–Trinajstić information content (AvgIpc) is 2.50. The van der Waals surface area contributed by atoms with Crippen LogP contribution >= 0.6 is 0 Å². The first-order valence-electron chi connectivity index (χ1n) is 7.37. The lowest BCUT2D eigenvalue weighted by Crippen LogP contribution is -2.45. The van der Waals surface area contributed by atoms with E-state index < -0.39 is 17.5 Å². The molecule has 0 radical (unpaired) electrons. The summed E-state index contributed by atoms with van der Waals surface area (Å²) in [7, 11) is 1.53. The summed E-state index contributed by atoms with van der Waals surface area (Å²) in [6.45, 7) is 4.97. The summed E-state index contributed by atoms with van der Waals surface area (Å²) >= 11 is 0. The van der Waals surface area contributed by atoms with Crippen LogP contribution in [0.4, 0.5) is 0 Å². The van der Waals surface area contributed by atoms with Gasteiger partial charge in [0.1, 0.15) is 11.3 Å². The van der Waals surface area contributed by atoms with Gasteiger partial charge in [-0.15, -0.1) is 0 Å². The van der Waals surface area contributed by atoms with E-state index in [0.29, 0.717) is 10.9 Å². The highest BCUT2D eigenvalue weighted by atomic mass is 16.3. The Morgan fingerprint density at radius 2 is 1.83 bits per heavy atom. The number of benzene rings is 1. The van der Waals surface area contributed by atoms with Crippen LogP contribution in [0.25, 0.3) is 10.9 Å². The molecule has 1 aromatic carbocycles. The van der Waals surface area contributed by atoms with Gasteiger partial charge in [-0.2, -0.15) is 0 Å². The predicted molar refractivity (Wildman–Crippen MR) is 87.6 cm³/mol. The summed E-state index contributed by atoms with van der Waals surface area (Å²) in [6, 6.07) is 6.06. The van der Waals surface area contributed by atoms with E-state index in [9.17, 15) is 19.5 Å². The molecule has 1 atom stereocenters. The Hall–Kier alpha value is -2.63. The Balaban J connectivity index is 2.57. The summed E-state index contributed by atoms with van der Waals surface area (Å²) in [5.41, 5.74) is -0.429. The molecule has 0 saturated carbocycles. The maximum Gasteiger partial charge on any atom is 0.267 e. The monoisotopic (exact) mass is 316 g/mol. The number of hydrogen-bond donors (Lipinski definition) is 2. The van der Waals surface area contributed by atoms with E-state index in [0.717, 1.165) is 0 Å². The SMILES string of the molecule is CC(=O)[C@@H](NC(=O)c1c(O)c2ccccc2n(C)c1=O)C(C)C. The van der Waals surface area contributed by atoms with E-state index in [4.69, 9.17) is 0 Å². The van der Waals surface area contributed by atoms with Gasteiger partial charge in [-0.3, -0.25) is 14.4 Å². The Bertz CT molecular complexity index is 836. The molecule has 0 aliphatic carbocycles. The third kappa shape index (κ3) is 2.97. The number of carbonyl (C=O) groups excluding carboxylic acids is 2. The molecule has 0 spiro atoms. The van der Waals surface area contributed by atoms with E-state index in [1.54, 1.807) is 38.1 Å². The number of pyridine rings is 1. The molecule has 122 valence electrons. The number of aryl methyl sites for hydroxylation is 1. The van der Waals surface area contributed by atoms with Crippen LogP contribution in [0.15, 0.2) is 29.1 Å². The number of fused-ring (bicyclic) bond motifs is 1. The second-order valence-electron chi connectivity index (χ2n) is 5.91. The third-order valence-electron chi connectivity index (χ3n) is 3.89. The molecule has 0 bridgehead atoms. The average molecular weight is 316 g/mol. The van der Waals surface area contributed by atoms with Crippen LogP contribution in [0.1, 0.15) is 31.1 Å². The van der Waals surface area contributed by atoms with Crippen molar-refractivity contribution in [3.05, 3.63) is 40.2 Å². The fourth-order valence-corrected chi connectivity index (χ4v) is 2.64. The van der Waals surface area contributed by atoms with Crippen LogP contribution in [-0.4, -0.2) is 27.4 Å². The lowest BCUT2D eigenvalue weighted by molar-refractivity contribution is -0.119. The zero-order valence-electron chi connectivity index (χ0n) is 13.6. The van der Waals surface area contributed by atoms with E-state index in [1.165, 1.54) is 18.5 Å². The van der Waals surface area contributed by atoms with Gasteiger partial charge in [0.05, 0.1) is 11.6 Å². The molecule has 2 aromatic rings. The summed E-state index contributed by atoms with van der Waals surface area (Å²) in [5.74, 6) is -1.44. The number of nitrogens with one attached hydrogen (secondary N) is 1. The van der Waals surface area contributed by atoms with Crippen LogP contribution in [0.3, 0.4) is 0 Å². The topological polar surface area (TPSA) is 88.4 Å². The van der Waals surface area contributed by atoms with Gasteiger partial charge in [-0.05, 0) is 25.0 Å². The maximum atomic E-state index is 12.5. The van der Waals surface area contributed by atoms with Crippen LogP contribution in [-0.2, 0) is 11.8 Å². The Morgan fingerprint density at radius 3 is 2.39 bits per heavy atom. The number of aromatic hydroxyl groups is 1. The molecule has 0 aliphatic heterocycles. The van der Waals surface area contributed by atoms with E-state index in [-0.39, 0.29) is 23.0 Å². The first kappa shape index (κ1) is 16.7. The van der Waals surface area contributed by atoms with Gasteiger partial charge >= 0.3 is 0 Å². The van der Waals surface area contributed by atoms with Crippen molar-refractivity contribution in [3.8, 4) is 5.75 Å². The van der Waals surface area contributed by atoms with E-state index >= 15 is 0 Å². The third-order valence-corrected chi connectivity index (χ3v) is 3.89. The molecule has 6 heteroatoms. The van der Waals surface area contributed by atoms with Crippen molar-refractivity contribution in [2.75, 3.05) is 0 Å². The normalized spacial score (nSPS) is 12.4. The van der Waals surface area contributed by atoms with Crippen LogP contribution in [0.5, 0.6) is 5.75 Å². The lowest BCUT2D eigenvalue weighted by Gasteiger charge is -2.20. The molecule has 2 rings (SSSR count). The van der Waals surface area contributed by atoms with Crippen molar-refractivity contribution in [3.63, 3.8) is 0 Å². The highest BCUT2D eigenvalue weighted by molar-refractivity contribution is 6.03. The molecule has 0 unspecified atom stereocenters. The van der Waals surface area contributed by atoms with Gasteiger partial charge in [-0.1, -0.05) is 26.0 Å². The highest BCUT2D eigenvalue weighted by Crippen LogP contribution is 2.25. The molecule has 1 amide bonds. The van der Waals surface area contributed by atoms with E-state index in [2.05, 4.69) is 5.32 Å². The predicted octanol–water partition coefficient (Wildman–Crippen LogP) is 1.59. The summed E-state index contributed by atoms with van der Waals surface area (Å²) in [4.78, 5) is 36.5. The lowest BCUT2D eigenvalue weighted by atomic mass is 10.00. The molecule has 0 fully saturated rings. The minimum atomic E-state index is -0.747. The molecule has 23 heavy (non-hydrogen) atoms. The van der Waals surface area contributed by atoms with Gasteiger partial charge in [0.15, 0.2) is 5.78 Å². The second kappa shape index (κ2) is 6.24. The zero-order valence-corrected chi connectivity index (χ0v) is 13.6. The number of Topliss-reactive ketones (excluding diaryl/α,β-unsaturated/α-hetero) is 1. The molecule has 0 aliphatic rings. The molecule has 2 N–H and O–H groups in total. The number of hydrogen-bond acceptors (Lipinski definition) is 4. The summed E-state index contributed by atoms with van der Waals surface area (Å²) < 4.78 is 1.31. The number of para-hydroxylation sites is 1. The minimum Gasteiger partial charge on any atom is -0.506 e. The van der Waals surface area contributed by atoms with Gasteiger partial charge in [-0.25, -0.2) is 0 Å². The second-order valence-corrected chi connectivity index (χ2v) is 5.91. The van der Waals surface area contributed by atoms with Crippen LogP contribution < -0.4 is 10.9 Å². The standard InChI is InChI=1S/C17H20N2O4/c1-9(2)14(10(3)20)18-16(22)13-15(21)11-7-5-6-8-12(11)19(4)17(13)23/h5-9,14,21H,1-4H3,(H,18,22)/t14-/m0/s1. The fraction of sp³-hybridized carbons (Fsp3) is 0.353. The zero-order chi connectivity index (χ0) is 17.3. The van der Waals surface area contributed by atoms with Crippen molar-refractivity contribution in [2.45, 2.75) is 26.8 Å². The van der Waals surface area contributed by atoms with E-state index in [1.807, 2.05) is 0 Å². The summed E-state index contributed by atoms with van der Waals surface area (Å²) in [5, 5.41) is 13.3. The highest BCUT2D eigenvalue weighted by Gasteiger charge is 2.26. The number of carbonyl (C=O) groups is 2. The molecule has 1 aromatic heterocycles. The van der Waals surface area contributed by atoms with Gasteiger partial charge in [0.25, 0.3) is 11.5 Å². The quantitative estimate of drug-likeness (QED) is 0.896. The number of rotatable bonds is 4. The van der Waals surface area contributed by atoms with Crippen molar-refractivity contribution < 1.29 is 14.7 Å². The first-order valence-corrected chi connectivity index (χ1v) is 7.37. The summed E-state index contributed by atoms with van der Waals surface area (Å²) in [6.07, 6.45) is 0. The first-order chi connectivity index (χ1) is 10.8. The smallest absolute Gasteiger partial charge is 0.267 e. The largest absolute Gasteiger partial charge is 0.506 e. The Labute approximate surface area is 133 Å². The molecular formula is C17H20N2O4. The molecule has 0 saturated heterocycles. The van der Waals surface area contributed by atoms with Crippen molar-refractivity contribution >= 4 is 22.6 Å². The minimum absolute atomic E-state index is 0.122. The molecule has 6 nitrogen and oxygen atoms in total. The van der Waals surface area contributed by atoms with Crippen LogP contribution in [0, 0.1) is 5.92 Å². The number of aromatic nitrogens is 1. The van der Waals surface area contributed by atoms with Gasteiger partial charge < -0.3 is 15.0 Å². The molecule has 1 heterocycles. The van der Waals surface area contributed by atoms with Gasteiger partial charge in [0, 0.05) is 12.4 Å². The Kier molecular flexibility index (Phi) is 4.54. The number of amides is 1.